The summed E-state index contributed by atoms with van der Waals surface area (Å²) in [5.41, 5.74) is 1.70. The Kier molecular flexibility index (Phi) is 7.80. The van der Waals surface area contributed by atoms with E-state index in [1.807, 2.05) is 36.4 Å². The van der Waals surface area contributed by atoms with Gasteiger partial charge in [0, 0.05) is 5.56 Å². The van der Waals surface area contributed by atoms with Crippen LogP contribution < -0.4 is 15.0 Å². The van der Waals surface area contributed by atoms with Crippen LogP contribution in [0.4, 0.5) is 0 Å². The van der Waals surface area contributed by atoms with Crippen LogP contribution in [0.1, 0.15) is 19.4 Å². The molecule has 184 valence electrons. The average Bonchev–Trinajstić information content (AvgIpc) is 2.89. The number of methoxy groups -OCH3 is 1. The summed E-state index contributed by atoms with van der Waals surface area (Å²) in [5.74, 6) is 0.678. The molecular formula is C27H24BrN3O5. The number of para-hydroxylation sites is 1. The molecule has 0 fully saturated rings. The lowest BCUT2D eigenvalue weighted by Crippen LogP contribution is -2.26. The molecule has 0 N–H and O–H groups in total. The molecule has 0 saturated heterocycles. The van der Waals surface area contributed by atoms with Gasteiger partial charge in [0.25, 0.3) is 5.56 Å². The van der Waals surface area contributed by atoms with Crippen LogP contribution in [0.5, 0.6) is 11.5 Å². The molecule has 0 amide bonds. The number of hydrogen-bond donors (Lipinski definition) is 0. The lowest BCUT2D eigenvalue weighted by atomic mass is 10.2. The van der Waals surface area contributed by atoms with Gasteiger partial charge in [0.2, 0.25) is 0 Å². The molecule has 0 aliphatic heterocycles. The third kappa shape index (κ3) is 5.31. The summed E-state index contributed by atoms with van der Waals surface area (Å²) >= 11 is 3.48. The third-order valence-corrected chi connectivity index (χ3v) is 5.86. The lowest BCUT2D eigenvalue weighted by molar-refractivity contribution is -0.150. The van der Waals surface area contributed by atoms with Gasteiger partial charge in [0.15, 0.2) is 23.4 Å². The number of halogens is 1. The molecule has 0 aliphatic rings. The zero-order chi connectivity index (χ0) is 25.7. The van der Waals surface area contributed by atoms with Gasteiger partial charge in [-0.05, 0) is 59.6 Å². The first-order chi connectivity index (χ1) is 17.4. The fourth-order valence-corrected chi connectivity index (χ4v) is 4.10. The number of carbonyl (C=O) groups excluding carboxylic acids is 1. The second kappa shape index (κ2) is 11.2. The van der Waals surface area contributed by atoms with Gasteiger partial charge in [-0.2, -0.15) is 9.78 Å². The third-order valence-electron chi connectivity index (χ3n) is 5.27. The maximum atomic E-state index is 13.3. The van der Waals surface area contributed by atoms with Crippen LogP contribution in [0.15, 0.2) is 81.1 Å². The van der Waals surface area contributed by atoms with E-state index in [4.69, 9.17) is 19.2 Å². The van der Waals surface area contributed by atoms with Gasteiger partial charge in [0.05, 0.1) is 35.3 Å². The Morgan fingerprint density at radius 1 is 1.14 bits per heavy atom. The Morgan fingerprint density at radius 2 is 1.86 bits per heavy atom. The van der Waals surface area contributed by atoms with E-state index >= 15 is 0 Å². The molecule has 0 aliphatic carbocycles. The number of rotatable bonds is 8. The van der Waals surface area contributed by atoms with Crippen molar-refractivity contribution in [2.45, 2.75) is 20.0 Å². The van der Waals surface area contributed by atoms with E-state index < -0.39 is 12.1 Å². The van der Waals surface area contributed by atoms with Crippen LogP contribution in [0.2, 0.25) is 0 Å². The van der Waals surface area contributed by atoms with E-state index in [0.29, 0.717) is 38.3 Å². The highest BCUT2D eigenvalue weighted by atomic mass is 79.9. The SMILES string of the molecule is CCOC(=O)[C@@H](C)Oc1c(Br)cc(C=Nn2c(-c3ccccc3)nc3ccccc3c2=O)cc1OC. The van der Waals surface area contributed by atoms with E-state index in [-0.39, 0.29) is 12.2 Å². The molecule has 0 saturated carbocycles. The molecule has 4 aromatic rings. The maximum Gasteiger partial charge on any atom is 0.347 e. The minimum absolute atomic E-state index is 0.258. The van der Waals surface area contributed by atoms with Crippen molar-refractivity contribution in [3.05, 3.63) is 87.1 Å². The number of esters is 1. The lowest BCUT2D eigenvalue weighted by Gasteiger charge is -2.17. The minimum Gasteiger partial charge on any atom is -0.493 e. The Bertz CT molecular complexity index is 1480. The van der Waals surface area contributed by atoms with E-state index in [2.05, 4.69) is 21.0 Å². The molecule has 0 radical (unpaired) electrons. The van der Waals surface area contributed by atoms with Crippen LogP contribution >= 0.6 is 15.9 Å². The van der Waals surface area contributed by atoms with Crippen molar-refractivity contribution >= 4 is 39.0 Å². The molecule has 8 nitrogen and oxygen atoms in total. The molecule has 0 bridgehead atoms. The van der Waals surface area contributed by atoms with E-state index in [1.54, 1.807) is 44.2 Å². The van der Waals surface area contributed by atoms with Crippen LogP contribution in [-0.2, 0) is 9.53 Å². The van der Waals surface area contributed by atoms with Crippen molar-refractivity contribution in [3.8, 4) is 22.9 Å². The number of aromatic nitrogens is 2. The topological polar surface area (TPSA) is 92.0 Å². The highest BCUT2D eigenvalue weighted by Gasteiger charge is 2.20. The van der Waals surface area contributed by atoms with Gasteiger partial charge in [-0.25, -0.2) is 9.78 Å². The average molecular weight is 550 g/mol. The van der Waals surface area contributed by atoms with Gasteiger partial charge in [-0.15, -0.1) is 0 Å². The highest BCUT2D eigenvalue weighted by molar-refractivity contribution is 9.10. The smallest absolute Gasteiger partial charge is 0.347 e. The zero-order valence-corrected chi connectivity index (χ0v) is 21.6. The summed E-state index contributed by atoms with van der Waals surface area (Å²) in [6.07, 6.45) is 0.709. The monoisotopic (exact) mass is 549 g/mol. The van der Waals surface area contributed by atoms with Crippen LogP contribution in [-0.4, -0.2) is 41.7 Å². The quantitative estimate of drug-likeness (QED) is 0.225. The molecule has 4 rings (SSSR count). The van der Waals surface area contributed by atoms with E-state index in [9.17, 15) is 9.59 Å². The van der Waals surface area contributed by atoms with Gasteiger partial charge in [0.1, 0.15) is 0 Å². The molecule has 9 heteroatoms. The molecular weight excluding hydrogens is 526 g/mol. The second-order valence-corrected chi connectivity index (χ2v) is 8.58. The largest absolute Gasteiger partial charge is 0.493 e. The summed E-state index contributed by atoms with van der Waals surface area (Å²) in [6.45, 7) is 3.59. The van der Waals surface area contributed by atoms with Crippen molar-refractivity contribution in [2.75, 3.05) is 13.7 Å². The van der Waals surface area contributed by atoms with Crippen LogP contribution in [0.3, 0.4) is 0 Å². The van der Waals surface area contributed by atoms with Gasteiger partial charge in [-0.3, -0.25) is 4.79 Å². The number of ether oxygens (including phenoxy) is 3. The summed E-state index contributed by atoms with van der Waals surface area (Å²) in [6, 6.07) is 20.0. The summed E-state index contributed by atoms with van der Waals surface area (Å²) < 4.78 is 18.1. The molecule has 1 aromatic heterocycles. The molecule has 1 heterocycles. The van der Waals surface area contributed by atoms with Crippen molar-refractivity contribution in [1.82, 2.24) is 9.66 Å². The van der Waals surface area contributed by atoms with Gasteiger partial charge < -0.3 is 14.2 Å². The Hall–Kier alpha value is -3.98. The first-order valence-electron chi connectivity index (χ1n) is 11.2. The summed E-state index contributed by atoms with van der Waals surface area (Å²) in [4.78, 5) is 30.0. The molecule has 1 atom stereocenters. The number of benzene rings is 3. The predicted molar refractivity (Wildman–Crippen MR) is 142 cm³/mol. The molecule has 3 aromatic carbocycles. The van der Waals surface area contributed by atoms with Crippen molar-refractivity contribution in [2.24, 2.45) is 5.10 Å². The first-order valence-corrected chi connectivity index (χ1v) is 12.0. The highest BCUT2D eigenvalue weighted by Crippen LogP contribution is 2.37. The van der Waals surface area contributed by atoms with E-state index in [0.717, 1.165) is 5.56 Å². The fourth-order valence-electron chi connectivity index (χ4n) is 3.54. The minimum atomic E-state index is -0.828. The fraction of sp³-hybridized carbons (Fsp3) is 0.185. The number of hydrogen-bond acceptors (Lipinski definition) is 7. The number of carbonyl (C=O) groups is 1. The molecule has 0 spiro atoms. The summed E-state index contributed by atoms with van der Waals surface area (Å²) in [7, 11) is 1.50. The van der Waals surface area contributed by atoms with Gasteiger partial charge >= 0.3 is 5.97 Å². The Morgan fingerprint density at radius 3 is 2.58 bits per heavy atom. The number of fused-ring (bicyclic) bond motifs is 1. The Labute approximate surface area is 216 Å². The van der Waals surface area contributed by atoms with Crippen molar-refractivity contribution in [3.63, 3.8) is 0 Å². The van der Waals surface area contributed by atoms with Crippen LogP contribution in [0, 0.1) is 0 Å². The normalized spacial score (nSPS) is 12.0. The maximum absolute atomic E-state index is 13.3. The van der Waals surface area contributed by atoms with Crippen LogP contribution in [0.25, 0.3) is 22.3 Å². The summed E-state index contributed by atoms with van der Waals surface area (Å²) in [5, 5.41) is 4.95. The van der Waals surface area contributed by atoms with E-state index in [1.165, 1.54) is 18.0 Å². The molecule has 0 unspecified atom stereocenters. The van der Waals surface area contributed by atoms with Crippen molar-refractivity contribution in [1.29, 1.82) is 0 Å². The van der Waals surface area contributed by atoms with Crippen molar-refractivity contribution < 1.29 is 19.0 Å². The van der Waals surface area contributed by atoms with Gasteiger partial charge in [-0.1, -0.05) is 42.5 Å². The number of nitrogens with zero attached hydrogens (tertiary/aromatic N) is 3. The Balaban J connectivity index is 1.75. The first kappa shape index (κ1) is 25.1. The standard InChI is InChI=1S/C27H24BrN3O5/c1-4-35-27(33)17(2)36-24-21(28)14-18(15-23(24)34-3)16-29-31-25(19-10-6-5-7-11-19)30-22-13-9-8-12-20(22)26(31)32/h5-17H,4H2,1-3H3/t17-/m1/s1. The zero-order valence-electron chi connectivity index (χ0n) is 20.0. The predicted octanol–water partition coefficient (Wildman–Crippen LogP) is 5.05. The molecule has 36 heavy (non-hydrogen) atoms. The second-order valence-electron chi connectivity index (χ2n) is 7.73.